The van der Waals surface area contributed by atoms with Crippen molar-refractivity contribution in [3.63, 3.8) is 0 Å². The van der Waals surface area contributed by atoms with E-state index in [2.05, 4.69) is 34.6 Å². The fourth-order valence-corrected chi connectivity index (χ4v) is 7.99. The van der Waals surface area contributed by atoms with E-state index in [0.717, 1.165) is 135 Å². The highest BCUT2D eigenvalue weighted by Gasteiger charge is 2.41. The number of carbonyl (C=O) groups excluding carboxylic acids is 4. The number of carbonyl (C=O) groups is 4. The van der Waals surface area contributed by atoms with Gasteiger partial charge in [0.2, 0.25) is 0 Å². The van der Waals surface area contributed by atoms with Gasteiger partial charge in [-0.15, -0.1) is 0 Å². The Morgan fingerprint density at radius 2 is 0.881 bits per heavy atom. The minimum atomic E-state index is -1.12. The number of hydrogen-bond donors (Lipinski definition) is 0. The van der Waals surface area contributed by atoms with Crippen LogP contribution in [0.15, 0.2) is 0 Å². The lowest BCUT2D eigenvalue weighted by molar-refractivity contribution is -0.167. The number of unbranched alkanes of at least 4 members (excludes halogenated alkanes) is 11. The zero-order chi connectivity index (χ0) is 44.2. The Balaban J connectivity index is 6.83. The van der Waals surface area contributed by atoms with Crippen LogP contribution in [0.1, 0.15) is 228 Å². The minimum Gasteiger partial charge on any atom is -0.465 e. The van der Waals surface area contributed by atoms with Crippen LogP contribution in [0.3, 0.4) is 0 Å². The summed E-state index contributed by atoms with van der Waals surface area (Å²) < 4.78 is 24.5. The van der Waals surface area contributed by atoms with Crippen molar-refractivity contribution in [1.82, 2.24) is 4.90 Å². The van der Waals surface area contributed by atoms with E-state index in [9.17, 15) is 19.2 Å². The fourth-order valence-electron chi connectivity index (χ4n) is 7.99. The Labute approximate surface area is 363 Å². The van der Waals surface area contributed by atoms with Gasteiger partial charge in [0.25, 0.3) is 0 Å². The molecule has 0 aromatic carbocycles. The zero-order valence-electron chi connectivity index (χ0n) is 40.2. The quantitative estimate of drug-likeness (QED) is 0.0338. The summed E-state index contributed by atoms with van der Waals surface area (Å²) in [4.78, 5) is 57.0. The second-order valence-corrected chi connectivity index (χ2v) is 18.1. The van der Waals surface area contributed by atoms with Gasteiger partial charge in [0.15, 0.2) is 0 Å². The van der Waals surface area contributed by atoms with E-state index in [1.165, 1.54) is 0 Å². The van der Waals surface area contributed by atoms with Crippen molar-refractivity contribution >= 4 is 23.9 Å². The number of ether oxygens (including phenoxy) is 4. The standard InChI is InChI=1S/C50H95NO8/c1-10-17-22-27-33-44(49(55)59-45(15-6)16-7)38-50(39-56-46(52)34-28-35-51(8)9,40-57-47(53)36-42(29-23-18-11-2)30-24-19-12-3)41-58-48(54)37-43(31-25-20-13-4)32-26-21-14-5/h42-45H,10-41H2,1-9H3. The summed E-state index contributed by atoms with van der Waals surface area (Å²) in [6.45, 7) is 15.4. The summed E-state index contributed by atoms with van der Waals surface area (Å²) >= 11 is 0. The van der Waals surface area contributed by atoms with Gasteiger partial charge >= 0.3 is 23.9 Å². The molecule has 0 bridgehead atoms. The first kappa shape index (κ1) is 56.8. The van der Waals surface area contributed by atoms with Crippen LogP contribution in [0, 0.1) is 23.2 Å². The fraction of sp³-hybridized carbons (Fsp3) is 0.920. The van der Waals surface area contributed by atoms with Gasteiger partial charge < -0.3 is 23.8 Å². The van der Waals surface area contributed by atoms with Crippen LogP contribution in [-0.2, 0) is 38.1 Å². The molecule has 9 heteroatoms. The number of nitrogens with zero attached hydrogens (tertiary/aromatic N) is 1. The van der Waals surface area contributed by atoms with Crippen molar-refractivity contribution in [3.8, 4) is 0 Å². The molecular formula is C50H95NO8. The summed E-state index contributed by atoms with van der Waals surface area (Å²) in [6, 6.07) is 0. The lowest BCUT2D eigenvalue weighted by Crippen LogP contribution is -2.43. The molecule has 0 heterocycles. The van der Waals surface area contributed by atoms with E-state index >= 15 is 0 Å². The maximum atomic E-state index is 14.1. The number of rotatable bonds is 41. The highest BCUT2D eigenvalue weighted by molar-refractivity contribution is 5.73. The Hall–Kier alpha value is -2.16. The summed E-state index contributed by atoms with van der Waals surface area (Å²) in [5, 5.41) is 0. The lowest BCUT2D eigenvalue weighted by Gasteiger charge is -2.35. The first-order valence-corrected chi connectivity index (χ1v) is 24.7. The summed E-state index contributed by atoms with van der Waals surface area (Å²) in [6.07, 6.45) is 24.8. The SMILES string of the molecule is CCCCCCC(CC(COC(=O)CCCN(C)C)(COC(=O)CC(CCCCC)CCCCC)COC(=O)CC(CCCCC)CCCCC)C(=O)OC(CC)CC. The smallest absolute Gasteiger partial charge is 0.309 e. The van der Waals surface area contributed by atoms with E-state index in [4.69, 9.17) is 18.9 Å². The molecule has 9 nitrogen and oxygen atoms in total. The molecule has 1 atom stereocenters. The largest absolute Gasteiger partial charge is 0.465 e. The predicted octanol–water partition coefficient (Wildman–Crippen LogP) is 13.0. The maximum absolute atomic E-state index is 14.1. The van der Waals surface area contributed by atoms with E-state index in [-0.39, 0.29) is 74.5 Å². The van der Waals surface area contributed by atoms with Crippen molar-refractivity contribution < 1.29 is 38.1 Å². The summed E-state index contributed by atoms with van der Waals surface area (Å²) in [5.41, 5.74) is -1.12. The summed E-state index contributed by atoms with van der Waals surface area (Å²) in [5.74, 6) is -1.28. The normalized spacial score (nSPS) is 12.4. The zero-order valence-corrected chi connectivity index (χ0v) is 40.2. The molecule has 348 valence electrons. The van der Waals surface area contributed by atoms with Crippen molar-refractivity contribution in [2.75, 3.05) is 40.5 Å². The van der Waals surface area contributed by atoms with Gasteiger partial charge in [-0.2, -0.15) is 0 Å². The second kappa shape index (κ2) is 37.6. The first-order chi connectivity index (χ1) is 28.4. The van der Waals surface area contributed by atoms with E-state index in [1.807, 2.05) is 32.8 Å². The first-order valence-electron chi connectivity index (χ1n) is 24.7. The third-order valence-corrected chi connectivity index (χ3v) is 12.0. The molecule has 0 aliphatic rings. The van der Waals surface area contributed by atoms with Gasteiger partial charge in [-0.05, 0) is 90.3 Å². The molecule has 0 saturated carbocycles. The second-order valence-electron chi connectivity index (χ2n) is 18.1. The van der Waals surface area contributed by atoms with Crippen LogP contribution in [0.4, 0.5) is 0 Å². The highest BCUT2D eigenvalue weighted by atomic mass is 16.6. The topological polar surface area (TPSA) is 108 Å². The highest BCUT2D eigenvalue weighted by Crippen LogP contribution is 2.34. The van der Waals surface area contributed by atoms with E-state index < -0.39 is 11.3 Å². The molecule has 0 aromatic heterocycles. The molecule has 1 unspecified atom stereocenters. The van der Waals surface area contributed by atoms with Gasteiger partial charge in [-0.1, -0.05) is 151 Å². The molecule has 0 spiro atoms. The van der Waals surface area contributed by atoms with Gasteiger partial charge in [0, 0.05) is 19.3 Å². The third-order valence-electron chi connectivity index (χ3n) is 12.0. The molecule has 0 aromatic rings. The Kier molecular flexibility index (Phi) is 36.2. The van der Waals surface area contributed by atoms with Gasteiger partial charge in [0.05, 0.1) is 11.3 Å². The lowest BCUT2D eigenvalue weighted by atomic mass is 9.78. The van der Waals surface area contributed by atoms with Crippen LogP contribution in [-0.4, -0.2) is 75.3 Å². The molecule has 0 fully saturated rings. The van der Waals surface area contributed by atoms with Crippen molar-refractivity contribution in [3.05, 3.63) is 0 Å². The molecule has 0 saturated heterocycles. The van der Waals surface area contributed by atoms with E-state index in [0.29, 0.717) is 38.5 Å². The number of esters is 4. The molecule has 0 rings (SSSR count). The predicted molar refractivity (Wildman–Crippen MR) is 243 cm³/mol. The van der Waals surface area contributed by atoms with Crippen LogP contribution < -0.4 is 0 Å². The van der Waals surface area contributed by atoms with Gasteiger partial charge in [0.1, 0.15) is 25.9 Å². The molecule has 59 heavy (non-hydrogen) atoms. The minimum absolute atomic E-state index is 0.110. The molecule has 0 aliphatic heterocycles. The van der Waals surface area contributed by atoms with Gasteiger partial charge in [-0.3, -0.25) is 19.2 Å². The van der Waals surface area contributed by atoms with Crippen molar-refractivity contribution in [1.29, 1.82) is 0 Å². The van der Waals surface area contributed by atoms with Crippen molar-refractivity contribution in [2.45, 2.75) is 234 Å². The van der Waals surface area contributed by atoms with E-state index in [1.54, 1.807) is 0 Å². The van der Waals surface area contributed by atoms with Crippen LogP contribution >= 0.6 is 0 Å². The average Bonchev–Trinajstić information content (AvgIpc) is 3.21. The van der Waals surface area contributed by atoms with Gasteiger partial charge in [-0.25, -0.2) is 0 Å². The van der Waals surface area contributed by atoms with Crippen LogP contribution in [0.25, 0.3) is 0 Å². The molecule has 0 radical (unpaired) electrons. The Bertz CT molecular complexity index is 982. The molecule has 0 N–H and O–H groups in total. The number of hydrogen-bond acceptors (Lipinski definition) is 9. The average molecular weight is 838 g/mol. The Morgan fingerprint density at radius 1 is 0.492 bits per heavy atom. The van der Waals surface area contributed by atoms with Crippen molar-refractivity contribution in [2.24, 2.45) is 23.2 Å². The summed E-state index contributed by atoms with van der Waals surface area (Å²) in [7, 11) is 3.94. The third kappa shape index (κ3) is 30.5. The molecule has 0 amide bonds. The Morgan fingerprint density at radius 3 is 1.27 bits per heavy atom. The monoisotopic (exact) mass is 838 g/mol. The molecule has 0 aliphatic carbocycles. The molecular weight excluding hydrogens is 743 g/mol. The van der Waals surface area contributed by atoms with Crippen LogP contribution in [0.5, 0.6) is 0 Å². The maximum Gasteiger partial charge on any atom is 0.309 e. The van der Waals surface area contributed by atoms with Crippen LogP contribution in [0.2, 0.25) is 0 Å².